The maximum absolute atomic E-state index is 12.1. The zero-order valence-electron chi connectivity index (χ0n) is 12.1. The maximum Gasteiger partial charge on any atom is 0.248 e. The van der Waals surface area contributed by atoms with Gasteiger partial charge in [0.1, 0.15) is 12.7 Å². The summed E-state index contributed by atoms with van der Waals surface area (Å²) < 4.78 is 11.1. The molecule has 0 spiro atoms. The Balaban J connectivity index is 1.99. The van der Waals surface area contributed by atoms with Gasteiger partial charge in [-0.05, 0) is 31.5 Å². The number of morpholine rings is 1. The van der Waals surface area contributed by atoms with Gasteiger partial charge in [0.2, 0.25) is 5.91 Å². The van der Waals surface area contributed by atoms with Crippen molar-refractivity contribution in [3.8, 4) is 0 Å². The van der Waals surface area contributed by atoms with Crippen LogP contribution in [0.2, 0.25) is 10.0 Å². The van der Waals surface area contributed by atoms with Crippen LogP contribution in [0.5, 0.6) is 0 Å². The standard InChI is InChI=1S/C15H19Cl2NO3/c1-10(2)21-9-15(19)18-5-6-20-14(8-18)11-3-4-12(16)13(17)7-11/h3-4,7,10,14H,5-6,8-9H2,1-2H3. The first-order chi connectivity index (χ1) is 9.97. The van der Waals surface area contributed by atoms with Crippen molar-refractivity contribution < 1.29 is 14.3 Å². The predicted molar refractivity (Wildman–Crippen MR) is 82.8 cm³/mol. The fraction of sp³-hybridized carbons (Fsp3) is 0.533. The highest BCUT2D eigenvalue weighted by atomic mass is 35.5. The molecular formula is C15H19Cl2NO3. The van der Waals surface area contributed by atoms with Crippen LogP contribution < -0.4 is 0 Å². The molecule has 0 radical (unpaired) electrons. The Hall–Kier alpha value is -0.810. The van der Waals surface area contributed by atoms with Gasteiger partial charge in [-0.1, -0.05) is 29.3 Å². The van der Waals surface area contributed by atoms with E-state index in [-0.39, 0.29) is 24.7 Å². The van der Waals surface area contributed by atoms with Crippen molar-refractivity contribution in [2.75, 3.05) is 26.3 Å². The van der Waals surface area contributed by atoms with E-state index in [1.165, 1.54) is 0 Å². The number of ether oxygens (including phenoxy) is 2. The minimum absolute atomic E-state index is 0.0166. The van der Waals surface area contributed by atoms with E-state index in [4.69, 9.17) is 32.7 Å². The zero-order chi connectivity index (χ0) is 15.4. The molecule has 1 saturated heterocycles. The lowest BCUT2D eigenvalue weighted by Gasteiger charge is -2.33. The summed E-state index contributed by atoms with van der Waals surface area (Å²) in [6.45, 7) is 5.50. The summed E-state index contributed by atoms with van der Waals surface area (Å²) >= 11 is 11.9. The summed E-state index contributed by atoms with van der Waals surface area (Å²) in [5.74, 6) is -0.0166. The number of amides is 1. The fourth-order valence-electron chi connectivity index (χ4n) is 2.12. The largest absolute Gasteiger partial charge is 0.370 e. The molecule has 1 aliphatic rings. The molecule has 0 saturated carbocycles. The van der Waals surface area contributed by atoms with Crippen LogP contribution in [0, 0.1) is 0 Å². The zero-order valence-corrected chi connectivity index (χ0v) is 13.7. The summed E-state index contributed by atoms with van der Waals surface area (Å²) in [7, 11) is 0. The Bertz CT molecular complexity index is 508. The fourth-order valence-corrected chi connectivity index (χ4v) is 2.43. The third kappa shape index (κ3) is 4.58. The molecule has 1 aromatic carbocycles. The molecule has 1 fully saturated rings. The smallest absolute Gasteiger partial charge is 0.248 e. The van der Waals surface area contributed by atoms with Gasteiger partial charge in [0.15, 0.2) is 0 Å². The summed E-state index contributed by atoms with van der Waals surface area (Å²) in [6, 6.07) is 5.40. The Morgan fingerprint density at radius 3 is 2.86 bits per heavy atom. The minimum atomic E-state index is -0.184. The van der Waals surface area contributed by atoms with Crippen LogP contribution in [-0.2, 0) is 14.3 Å². The molecule has 0 N–H and O–H groups in total. The Morgan fingerprint density at radius 1 is 1.43 bits per heavy atom. The molecule has 6 heteroatoms. The molecule has 1 amide bonds. The average molecular weight is 332 g/mol. The monoisotopic (exact) mass is 331 g/mol. The first-order valence-corrected chi connectivity index (χ1v) is 7.69. The molecular weight excluding hydrogens is 313 g/mol. The normalized spacial score (nSPS) is 19.1. The number of hydrogen-bond donors (Lipinski definition) is 0. The lowest BCUT2D eigenvalue weighted by molar-refractivity contribution is -0.145. The van der Waals surface area contributed by atoms with Crippen LogP contribution in [0.15, 0.2) is 18.2 Å². The van der Waals surface area contributed by atoms with Crippen LogP contribution in [0.25, 0.3) is 0 Å². The molecule has 1 aliphatic heterocycles. The molecule has 1 heterocycles. The number of benzene rings is 1. The average Bonchev–Trinajstić information content (AvgIpc) is 2.47. The highest BCUT2D eigenvalue weighted by molar-refractivity contribution is 6.42. The summed E-state index contributed by atoms with van der Waals surface area (Å²) in [6.07, 6.45) is -0.141. The molecule has 2 rings (SSSR count). The van der Waals surface area contributed by atoms with Crippen LogP contribution >= 0.6 is 23.2 Å². The van der Waals surface area contributed by atoms with Gasteiger partial charge < -0.3 is 14.4 Å². The van der Waals surface area contributed by atoms with Crippen molar-refractivity contribution in [3.63, 3.8) is 0 Å². The second-order valence-corrected chi connectivity index (χ2v) is 6.05. The minimum Gasteiger partial charge on any atom is -0.370 e. The van der Waals surface area contributed by atoms with Gasteiger partial charge in [-0.15, -0.1) is 0 Å². The Labute approximate surface area is 134 Å². The maximum atomic E-state index is 12.1. The van der Waals surface area contributed by atoms with Crippen molar-refractivity contribution in [1.82, 2.24) is 4.90 Å². The molecule has 1 atom stereocenters. The van der Waals surface area contributed by atoms with E-state index in [1.54, 1.807) is 17.0 Å². The third-order valence-corrected chi connectivity index (χ3v) is 4.01. The van der Waals surface area contributed by atoms with Crippen molar-refractivity contribution >= 4 is 29.1 Å². The topological polar surface area (TPSA) is 38.8 Å². The number of carbonyl (C=O) groups is 1. The van der Waals surface area contributed by atoms with E-state index in [9.17, 15) is 4.79 Å². The van der Waals surface area contributed by atoms with Crippen LogP contribution in [0.4, 0.5) is 0 Å². The van der Waals surface area contributed by atoms with Gasteiger partial charge in [0.25, 0.3) is 0 Å². The molecule has 1 aromatic rings. The lowest BCUT2D eigenvalue weighted by atomic mass is 10.1. The summed E-state index contributed by atoms with van der Waals surface area (Å²) in [5, 5.41) is 0.999. The number of carbonyl (C=O) groups excluding carboxylic acids is 1. The van der Waals surface area contributed by atoms with Crippen molar-refractivity contribution in [2.45, 2.75) is 26.1 Å². The number of hydrogen-bond acceptors (Lipinski definition) is 3. The highest BCUT2D eigenvalue weighted by Crippen LogP contribution is 2.29. The van der Waals surface area contributed by atoms with Crippen LogP contribution in [0.1, 0.15) is 25.5 Å². The summed E-state index contributed by atoms with van der Waals surface area (Å²) in [5.41, 5.74) is 0.923. The lowest BCUT2D eigenvalue weighted by Crippen LogP contribution is -2.44. The molecule has 1 unspecified atom stereocenters. The Kier molecular flexibility index (Phi) is 5.88. The molecule has 0 aliphatic carbocycles. The molecule has 0 aromatic heterocycles. The highest BCUT2D eigenvalue weighted by Gasteiger charge is 2.25. The van der Waals surface area contributed by atoms with E-state index in [0.717, 1.165) is 5.56 Å². The predicted octanol–water partition coefficient (Wildman–Crippen LogP) is 3.32. The van der Waals surface area contributed by atoms with Crippen molar-refractivity contribution in [1.29, 1.82) is 0 Å². The van der Waals surface area contributed by atoms with Gasteiger partial charge in [-0.3, -0.25) is 4.79 Å². The van der Waals surface area contributed by atoms with E-state index >= 15 is 0 Å². The first kappa shape index (κ1) is 16.6. The first-order valence-electron chi connectivity index (χ1n) is 6.93. The molecule has 4 nitrogen and oxygen atoms in total. The van der Waals surface area contributed by atoms with Crippen LogP contribution in [-0.4, -0.2) is 43.2 Å². The molecule has 21 heavy (non-hydrogen) atoms. The molecule has 0 bridgehead atoms. The van der Waals surface area contributed by atoms with Gasteiger partial charge in [0, 0.05) is 6.54 Å². The number of rotatable bonds is 4. The third-order valence-electron chi connectivity index (χ3n) is 3.27. The number of nitrogens with zero attached hydrogens (tertiary/aromatic N) is 1. The second-order valence-electron chi connectivity index (χ2n) is 5.23. The van der Waals surface area contributed by atoms with E-state index in [1.807, 2.05) is 19.9 Å². The van der Waals surface area contributed by atoms with Crippen molar-refractivity contribution in [3.05, 3.63) is 33.8 Å². The summed E-state index contributed by atoms with van der Waals surface area (Å²) in [4.78, 5) is 13.9. The van der Waals surface area contributed by atoms with Gasteiger partial charge in [-0.2, -0.15) is 0 Å². The van der Waals surface area contributed by atoms with Gasteiger partial charge in [0.05, 0.1) is 29.3 Å². The van der Waals surface area contributed by atoms with Gasteiger partial charge in [-0.25, -0.2) is 0 Å². The Morgan fingerprint density at radius 2 is 2.19 bits per heavy atom. The number of halogens is 2. The second kappa shape index (κ2) is 7.45. The van der Waals surface area contributed by atoms with Crippen LogP contribution in [0.3, 0.4) is 0 Å². The van der Waals surface area contributed by atoms with Gasteiger partial charge >= 0.3 is 0 Å². The van der Waals surface area contributed by atoms with E-state index < -0.39 is 0 Å². The SMILES string of the molecule is CC(C)OCC(=O)N1CCOC(c2ccc(Cl)c(Cl)c2)C1. The van der Waals surface area contributed by atoms with Crippen molar-refractivity contribution in [2.24, 2.45) is 0 Å². The molecule has 116 valence electrons. The quantitative estimate of drug-likeness (QED) is 0.849. The van der Waals surface area contributed by atoms with E-state index in [2.05, 4.69) is 0 Å². The van der Waals surface area contributed by atoms with E-state index in [0.29, 0.717) is 29.7 Å².